The van der Waals surface area contributed by atoms with Crippen molar-refractivity contribution in [3.8, 4) is 5.75 Å². The van der Waals surface area contributed by atoms with E-state index in [4.69, 9.17) is 4.52 Å². The summed E-state index contributed by atoms with van der Waals surface area (Å²) in [6.07, 6.45) is 1.87. The van der Waals surface area contributed by atoms with Crippen molar-refractivity contribution in [1.29, 1.82) is 0 Å². The Bertz CT molecular complexity index is 858. The first-order valence-corrected chi connectivity index (χ1v) is 8.82. The molecule has 3 aromatic carbocycles. The Balaban J connectivity index is 1.78. The number of para-hydroxylation sites is 2. The fourth-order valence-corrected chi connectivity index (χ4v) is 3.14. The van der Waals surface area contributed by atoms with E-state index >= 15 is 0 Å². The number of benzene rings is 3. The molecule has 0 heterocycles. The molecule has 0 bridgehead atoms. The zero-order chi connectivity index (χ0) is 16.8. The Hall–Kier alpha value is -2.44. The van der Waals surface area contributed by atoms with Gasteiger partial charge >= 0.3 is 0 Å². The van der Waals surface area contributed by atoms with Crippen LogP contribution in [-0.2, 0) is 0 Å². The maximum absolute atomic E-state index is 6.06. The molecule has 0 fully saturated rings. The van der Waals surface area contributed by atoms with Crippen LogP contribution in [0, 0.1) is 13.8 Å². The fraction of sp³-hybridized carbons (Fsp3) is 0.0952. The van der Waals surface area contributed by atoms with Crippen molar-refractivity contribution in [1.82, 2.24) is 0 Å². The molecule has 0 aromatic heterocycles. The molecule has 0 aliphatic carbocycles. The second-order valence-corrected chi connectivity index (χ2v) is 6.55. The molecule has 0 aliphatic rings. The normalized spacial score (nSPS) is 11.4. The Morgan fingerprint density at radius 3 is 2.25 bits per heavy atom. The van der Waals surface area contributed by atoms with Crippen LogP contribution in [0.4, 0.5) is 5.69 Å². The van der Waals surface area contributed by atoms with Crippen LogP contribution in [0.5, 0.6) is 5.75 Å². The van der Waals surface area contributed by atoms with Crippen LogP contribution in [0.2, 0.25) is 0 Å². The molecule has 3 aromatic rings. The molecule has 0 saturated heterocycles. The lowest BCUT2D eigenvalue weighted by Gasteiger charge is -2.10. The largest absolute Gasteiger partial charge is 0.472 e. The number of hydrogen-bond acceptors (Lipinski definition) is 2. The molecular weight excluding hydrogens is 313 g/mol. The van der Waals surface area contributed by atoms with Gasteiger partial charge in [0, 0.05) is 17.1 Å². The van der Waals surface area contributed by atoms with Crippen LogP contribution in [0.3, 0.4) is 0 Å². The van der Waals surface area contributed by atoms with Gasteiger partial charge in [0.15, 0.2) is 0 Å². The predicted molar refractivity (Wildman–Crippen MR) is 105 cm³/mol. The second-order valence-electron chi connectivity index (χ2n) is 5.60. The maximum atomic E-state index is 6.06. The molecule has 0 radical (unpaired) electrons. The van der Waals surface area contributed by atoms with E-state index in [-0.39, 0.29) is 8.81 Å². The van der Waals surface area contributed by atoms with Crippen molar-refractivity contribution >= 4 is 26.0 Å². The average molecular weight is 333 g/mol. The van der Waals surface area contributed by atoms with Crippen LogP contribution in [-0.4, -0.2) is 6.21 Å². The SMILES string of the molecule is Cc1ccccc1N=Cc1ccccc1OPc1ccccc1C. The topological polar surface area (TPSA) is 21.6 Å². The summed E-state index contributed by atoms with van der Waals surface area (Å²) in [7, 11) is 0.284. The first-order valence-electron chi connectivity index (χ1n) is 7.91. The van der Waals surface area contributed by atoms with Gasteiger partial charge in [0.1, 0.15) is 14.6 Å². The van der Waals surface area contributed by atoms with Crippen molar-refractivity contribution in [2.24, 2.45) is 4.99 Å². The van der Waals surface area contributed by atoms with E-state index in [1.807, 2.05) is 60.8 Å². The zero-order valence-electron chi connectivity index (χ0n) is 13.9. The molecule has 24 heavy (non-hydrogen) atoms. The molecule has 0 amide bonds. The van der Waals surface area contributed by atoms with Gasteiger partial charge in [0.25, 0.3) is 0 Å². The molecule has 2 nitrogen and oxygen atoms in total. The van der Waals surface area contributed by atoms with Crippen LogP contribution in [0.15, 0.2) is 77.8 Å². The molecule has 0 N–H and O–H groups in total. The summed E-state index contributed by atoms with van der Waals surface area (Å²) in [6, 6.07) is 24.4. The molecular formula is C21H20NOP. The van der Waals surface area contributed by atoms with E-state index in [0.717, 1.165) is 22.6 Å². The third-order valence-electron chi connectivity index (χ3n) is 3.79. The minimum Gasteiger partial charge on any atom is -0.472 e. The van der Waals surface area contributed by atoms with Crippen LogP contribution < -0.4 is 9.83 Å². The lowest BCUT2D eigenvalue weighted by atomic mass is 10.2. The highest BCUT2D eigenvalue weighted by Crippen LogP contribution is 2.25. The van der Waals surface area contributed by atoms with Gasteiger partial charge in [-0.15, -0.1) is 0 Å². The summed E-state index contributed by atoms with van der Waals surface area (Å²) < 4.78 is 6.06. The van der Waals surface area contributed by atoms with Gasteiger partial charge in [-0.2, -0.15) is 0 Å². The number of aryl methyl sites for hydroxylation is 2. The predicted octanol–water partition coefficient (Wildman–Crippen LogP) is 5.35. The lowest BCUT2D eigenvalue weighted by molar-refractivity contribution is 0.637. The van der Waals surface area contributed by atoms with E-state index < -0.39 is 0 Å². The average Bonchev–Trinajstić information content (AvgIpc) is 2.61. The van der Waals surface area contributed by atoms with Gasteiger partial charge in [0.2, 0.25) is 0 Å². The monoisotopic (exact) mass is 333 g/mol. The number of rotatable bonds is 5. The Morgan fingerprint density at radius 2 is 1.46 bits per heavy atom. The van der Waals surface area contributed by atoms with E-state index in [9.17, 15) is 0 Å². The summed E-state index contributed by atoms with van der Waals surface area (Å²) in [5.41, 5.74) is 4.38. The third-order valence-corrected chi connectivity index (χ3v) is 4.90. The molecule has 1 unspecified atom stereocenters. The fourth-order valence-electron chi connectivity index (χ4n) is 2.32. The highest BCUT2D eigenvalue weighted by Gasteiger charge is 2.03. The molecule has 0 aliphatic heterocycles. The van der Waals surface area contributed by atoms with Crippen molar-refractivity contribution in [2.75, 3.05) is 0 Å². The molecule has 3 rings (SSSR count). The van der Waals surface area contributed by atoms with Crippen LogP contribution >= 0.6 is 8.81 Å². The summed E-state index contributed by atoms with van der Waals surface area (Å²) in [5.74, 6) is 0.858. The first kappa shape index (κ1) is 16.4. The number of hydrogen-bond donors (Lipinski definition) is 0. The van der Waals surface area contributed by atoms with E-state index in [0.29, 0.717) is 0 Å². The highest BCUT2D eigenvalue weighted by atomic mass is 31.1. The molecule has 1 atom stereocenters. The van der Waals surface area contributed by atoms with Gasteiger partial charge in [-0.3, -0.25) is 4.99 Å². The van der Waals surface area contributed by atoms with Crippen molar-refractivity contribution in [3.63, 3.8) is 0 Å². The quantitative estimate of drug-likeness (QED) is 0.455. The first-order chi connectivity index (χ1) is 11.7. The van der Waals surface area contributed by atoms with Gasteiger partial charge in [-0.05, 0) is 43.2 Å². The van der Waals surface area contributed by atoms with E-state index in [1.165, 1.54) is 10.9 Å². The highest BCUT2D eigenvalue weighted by molar-refractivity contribution is 7.42. The third kappa shape index (κ3) is 4.10. The second kappa shape index (κ2) is 7.90. The van der Waals surface area contributed by atoms with Gasteiger partial charge in [-0.25, -0.2) is 0 Å². The molecule has 0 saturated carbocycles. The van der Waals surface area contributed by atoms with Crippen molar-refractivity contribution in [2.45, 2.75) is 13.8 Å². The smallest absolute Gasteiger partial charge is 0.132 e. The molecule has 120 valence electrons. The van der Waals surface area contributed by atoms with Crippen molar-refractivity contribution < 1.29 is 4.52 Å². The summed E-state index contributed by atoms with van der Waals surface area (Å²) >= 11 is 0. The zero-order valence-corrected chi connectivity index (χ0v) is 14.9. The minimum absolute atomic E-state index is 0.284. The van der Waals surface area contributed by atoms with Gasteiger partial charge in [0.05, 0.1) is 5.69 Å². The van der Waals surface area contributed by atoms with Gasteiger partial charge in [-0.1, -0.05) is 54.6 Å². The van der Waals surface area contributed by atoms with Crippen LogP contribution in [0.1, 0.15) is 16.7 Å². The summed E-state index contributed by atoms with van der Waals surface area (Å²) in [6.45, 7) is 4.17. The van der Waals surface area contributed by atoms with Crippen molar-refractivity contribution in [3.05, 3.63) is 89.5 Å². The molecule has 3 heteroatoms. The number of nitrogens with zero attached hydrogens (tertiary/aromatic N) is 1. The maximum Gasteiger partial charge on any atom is 0.132 e. The molecule has 0 spiro atoms. The van der Waals surface area contributed by atoms with E-state index in [2.05, 4.69) is 37.0 Å². The summed E-state index contributed by atoms with van der Waals surface area (Å²) in [5, 5.41) is 1.23. The van der Waals surface area contributed by atoms with Crippen LogP contribution in [0.25, 0.3) is 0 Å². The van der Waals surface area contributed by atoms with Gasteiger partial charge < -0.3 is 4.52 Å². The standard InChI is InChI=1S/C21H20NOP/c1-16-9-3-6-12-19(16)22-15-18-11-5-7-13-20(18)23-24-21-14-8-4-10-17(21)2/h3-15,24H,1-2H3. The Labute approximate surface area is 145 Å². The minimum atomic E-state index is 0.284. The number of aliphatic imine (C=N–C) groups is 1. The Morgan fingerprint density at radius 1 is 0.792 bits per heavy atom. The Kier molecular flexibility index (Phi) is 5.40. The van der Waals surface area contributed by atoms with E-state index in [1.54, 1.807) is 0 Å². The lowest BCUT2D eigenvalue weighted by Crippen LogP contribution is -2.01. The summed E-state index contributed by atoms with van der Waals surface area (Å²) in [4.78, 5) is 4.61.